The van der Waals surface area contributed by atoms with Crippen LogP contribution in [0, 0.1) is 6.92 Å². The molecule has 166 valence electrons. The predicted octanol–water partition coefficient (Wildman–Crippen LogP) is 3.93. The van der Waals surface area contributed by atoms with E-state index in [1.807, 2.05) is 43.6 Å². The zero-order valence-electron chi connectivity index (χ0n) is 18.6. The summed E-state index contributed by atoms with van der Waals surface area (Å²) in [4.78, 5) is 13.7. The molecule has 0 aliphatic carbocycles. The fourth-order valence-electron chi connectivity index (χ4n) is 3.54. The Morgan fingerprint density at radius 2 is 1.88 bits per heavy atom. The van der Waals surface area contributed by atoms with Crippen LogP contribution in [0.5, 0.6) is 11.6 Å². The Balaban J connectivity index is 1.64. The van der Waals surface area contributed by atoms with Crippen molar-refractivity contribution >= 4 is 11.0 Å². The van der Waals surface area contributed by atoms with Gasteiger partial charge in [0, 0.05) is 37.4 Å². The number of methoxy groups -OCH3 is 1. The third-order valence-electron chi connectivity index (χ3n) is 5.07. The molecule has 0 unspecified atom stereocenters. The van der Waals surface area contributed by atoms with Gasteiger partial charge in [-0.15, -0.1) is 10.2 Å². The minimum Gasteiger partial charge on any atom is -0.491 e. The van der Waals surface area contributed by atoms with E-state index in [-0.39, 0.29) is 5.88 Å². The van der Waals surface area contributed by atoms with Crippen LogP contribution in [0.25, 0.3) is 33.5 Å². The average Bonchev–Trinajstić information content (AvgIpc) is 3.44. The van der Waals surface area contributed by atoms with E-state index in [4.69, 9.17) is 18.9 Å². The molecule has 4 heterocycles. The molecule has 0 aliphatic heterocycles. The van der Waals surface area contributed by atoms with Crippen molar-refractivity contribution < 1.29 is 13.9 Å². The van der Waals surface area contributed by atoms with Crippen LogP contribution in [0.3, 0.4) is 0 Å². The third kappa shape index (κ3) is 3.86. The summed E-state index contributed by atoms with van der Waals surface area (Å²) in [5.41, 5.74) is 4.43. The maximum Gasteiger partial charge on any atom is 0.258 e. The summed E-state index contributed by atoms with van der Waals surface area (Å²) in [6, 6.07) is 11.7. The number of aromatic nitrogens is 7. The smallest absolute Gasteiger partial charge is 0.258 e. The fourth-order valence-corrected chi connectivity index (χ4v) is 3.54. The molecule has 0 aliphatic rings. The molecule has 0 saturated carbocycles. The van der Waals surface area contributed by atoms with E-state index in [0.29, 0.717) is 34.3 Å². The van der Waals surface area contributed by atoms with Crippen LogP contribution in [0.2, 0.25) is 0 Å². The second kappa shape index (κ2) is 8.30. The van der Waals surface area contributed by atoms with Gasteiger partial charge in [-0.3, -0.25) is 4.68 Å². The number of ether oxygens (including phenoxy) is 2. The van der Waals surface area contributed by atoms with Gasteiger partial charge in [-0.2, -0.15) is 5.10 Å². The normalized spacial score (nSPS) is 12.1. The fraction of sp³-hybridized carbons (Fsp3) is 0.217. The Kier molecular flexibility index (Phi) is 5.17. The maximum atomic E-state index is 6.05. The van der Waals surface area contributed by atoms with Crippen LogP contribution in [-0.2, 0) is 7.05 Å². The molecule has 5 rings (SSSR count). The standard InChI is InChI=1S/C23H21N7O3/c1-13(22-28-27-14(2)33-22)32-23-18(31-4)10-17-21(26-23)20(25-12-24-17)16-11-30(3)29-19(16)15-8-6-5-7-9-15/h5-13H,1-4H3/t13-/m0/s1. The van der Waals surface area contributed by atoms with E-state index in [2.05, 4.69) is 25.3 Å². The minimum atomic E-state index is -0.531. The third-order valence-corrected chi connectivity index (χ3v) is 5.07. The van der Waals surface area contributed by atoms with Crippen LogP contribution in [0.4, 0.5) is 0 Å². The Morgan fingerprint density at radius 1 is 1.06 bits per heavy atom. The van der Waals surface area contributed by atoms with Crippen molar-refractivity contribution in [1.82, 2.24) is 34.9 Å². The van der Waals surface area contributed by atoms with Gasteiger partial charge in [-0.05, 0) is 6.92 Å². The quantitative estimate of drug-likeness (QED) is 0.385. The number of rotatable bonds is 6. The highest BCUT2D eigenvalue weighted by Gasteiger charge is 2.22. The Bertz CT molecular complexity index is 1430. The first-order valence-electron chi connectivity index (χ1n) is 10.3. The number of hydrogen-bond acceptors (Lipinski definition) is 9. The first-order chi connectivity index (χ1) is 16.0. The molecular weight excluding hydrogens is 422 g/mol. The molecule has 10 nitrogen and oxygen atoms in total. The summed E-state index contributed by atoms with van der Waals surface area (Å²) < 4.78 is 18.8. The van der Waals surface area contributed by atoms with E-state index in [0.717, 1.165) is 16.8 Å². The summed E-state index contributed by atoms with van der Waals surface area (Å²) in [6.07, 6.45) is 2.89. The summed E-state index contributed by atoms with van der Waals surface area (Å²) in [6.45, 7) is 3.52. The first kappa shape index (κ1) is 20.6. The van der Waals surface area contributed by atoms with E-state index in [9.17, 15) is 0 Å². The van der Waals surface area contributed by atoms with E-state index in [1.165, 1.54) is 6.33 Å². The van der Waals surface area contributed by atoms with Crippen molar-refractivity contribution in [2.24, 2.45) is 7.05 Å². The minimum absolute atomic E-state index is 0.273. The van der Waals surface area contributed by atoms with Gasteiger partial charge in [0.15, 0.2) is 11.9 Å². The van der Waals surface area contributed by atoms with Crippen molar-refractivity contribution in [3.8, 4) is 34.1 Å². The van der Waals surface area contributed by atoms with Gasteiger partial charge in [0.1, 0.15) is 23.2 Å². The lowest BCUT2D eigenvalue weighted by molar-refractivity contribution is 0.172. The molecule has 4 aromatic heterocycles. The van der Waals surface area contributed by atoms with Crippen molar-refractivity contribution in [2.45, 2.75) is 20.0 Å². The molecule has 0 fully saturated rings. The van der Waals surface area contributed by atoms with Gasteiger partial charge in [0.25, 0.3) is 11.8 Å². The summed E-state index contributed by atoms with van der Waals surface area (Å²) in [5.74, 6) is 1.51. The van der Waals surface area contributed by atoms with Gasteiger partial charge in [-0.1, -0.05) is 30.3 Å². The number of fused-ring (bicyclic) bond motifs is 1. The molecule has 1 aromatic carbocycles. The highest BCUT2D eigenvalue weighted by Crippen LogP contribution is 2.37. The number of benzene rings is 1. The topological polar surface area (TPSA) is 114 Å². The van der Waals surface area contributed by atoms with Crippen LogP contribution in [0.1, 0.15) is 24.8 Å². The first-order valence-corrected chi connectivity index (χ1v) is 10.3. The van der Waals surface area contributed by atoms with Crippen LogP contribution in [0.15, 0.2) is 53.3 Å². The van der Waals surface area contributed by atoms with Gasteiger partial charge >= 0.3 is 0 Å². The van der Waals surface area contributed by atoms with Gasteiger partial charge in [-0.25, -0.2) is 15.0 Å². The van der Waals surface area contributed by atoms with E-state index < -0.39 is 6.10 Å². The molecule has 10 heteroatoms. The number of aryl methyl sites for hydroxylation is 2. The van der Waals surface area contributed by atoms with Crippen LogP contribution >= 0.6 is 0 Å². The molecule has 5 aromatic rings. The molecule has 1 atom stereocenters. The lowest BCUT2D eigenvalue weighted by Gasteiger charge is -2.14. The molecule has 0 saturated heterocycles. The average molecular weight is 443 g/mol. The number of hydrogen-bond donors (Lipinski definition) is 0. The largest absolute Gasteiger partial charge is 0.491 e. The lowest BCUT2D eigenvalue weighted by Crippen LogP contribution is -2.07. The van der Waals surface area contributed by atoms with Gasteiger partial charge < -0.3 is 13.9 Å². The van der Waals surface area contributed by atoms with Crippen molar-refractivity contribution in [2.75, 3.05) is 7.11 Å². The second-order valence-electron chi connectivity index (χ2n) is 7.44. The molecule has 33 heavy (non-hydrogen) atoms. The zero-order valence-corrected chi connectivity index (χ0v) is 18.6. The monoisotopic (exact) mass is 443 g/mol. The van der Waals surface area contributed by atoms with Crippen LogP contribution < -0.4 is 9.47 Å². The highest BCUT2D eigenvalue weighted by atomic mass is 16.5. The van der Waals surface area contributed by atoms with E-state index in [1.54, 1.807) is 31.7 Å². The predicted molar refractivity (Wildman–Crippen MR) is 120 cm³/mol. The molecule has 0 bridgehead atoms. The van der Waals surface area contributed by atoms with Crippen molar-refractivity contribution in [3.63, 3.8) is 0 Å². The van der Waals surface area contributed by atoms with Crippen molar-refractivity contribution in [1.29, 1.82) is 0 Å². The van der Waals surface area contributed by atoms with Crippen LogP contribution in [-0.4, -0.2) is 42.0 Å². The lowest BCUT2D eigenvalue weighted by atomic mass is 10.0. The van der Waals surface area contributed by atoms with Gasteiger partial charge in [0.2, 0.25) is 5.89 Å². The molecular formula is C23H21N7O3. The Morgan fingerprint density at radius 3 is 2.61 bits per heavy atom. The maximum absolute atomic E-state index is 6.05. The Hall–Kier alpha value is -4.34. The van der Waals surface area contributed by atoms with E-state index >= 15 is 0 Å². The van der Waals surface area contributed by atoms with Crippen molar-refractivity contribution in [3.05, 3.63) is 60.7 Å². The number of pyridine rings is 1. The summed E-state index contributed by atoms with van der Waals surface area (Å²) >= 11 is 0. The highest BCUT2D eigenvalue weighted by molar-refractivity contribution is 5.94. The Labute approximate surface area is 189 Å². The second-order valence-corrected chi connectivity index (χ2v) is 7.44. The summed E-state index contributed by atoms with van der Waals surface area (Å²) in [5, 5.41) is 12.5. The summed E-state index contributed by atoms with van der Waals surface area (Å²) in [7, 11) is 3.42. The van der Waals surface area contributed by atoms with Gasteiger partial charge in [0.05, 0.1) is 12.6 Å². The molecule has 0 spiro atoms. The zero-order chi connectivity index (χ0) is 22.9. The molecule has 0 N–H and O–H groups in total. The SMILES string of the molecule is COc1cc2ncnc(-c3cn(C)nc3-c3ccccc3)c2nc1O[C@@H](C)c1nnc(C)o1. The number of nitrogens with zero attached hydrogens (tertiary/aromatic N) is 7. The molecule has 0 amide bonds. The molecule has 0 radical (unpaired) electrons.